The summed E-state index contributed by atoms with van der Waals surface area (Å²) in [7, 11) is 1.11. The molecule has 21 heavy (non-hydrogen) atoms. The lowest BCUT2D eigenvalue weighted by molar-refractivity contribution is -0.141. The van der Waals surface area contributed by atoms with Gasteiger partial charge in [-0.3, -0.25) is 19.1 Å². The van der Waals surface area contributed by atoms with Gasteiger partial charge >= 0.3 is 11.7 Å². The van der Waals surface area contributed by atoms with Gasteiger partial charge in [-0.15, -0.1) is 0 Å². The number of carbonyl (C=O) groups excluding carboxylic acids is 1. The van der Waals surface area contributed by atoms with Gasteiger partial charge in [0.05, 0.1) is 7.11 Å². The number of carbonyl (C=O) groups is 1. The third kappa shape index (κ3) is 2.83. The van der Waals surface area contributed by atoms with Crippen LogP contribution in [0.3, 0.4) is 0 Å². The fourth-order valence-corrected chi connectivity index (χ4v) is 1.80. The second-order valence-electron chi connectivity index (χ2n) is 4.13. The second-order valence-corrected chi connectivity index (χ2v) is 4.13. The highest BCUT2D eigenvalue weighted by Crippen LogP contribution is 2.24. The summed E-state index contributed by atoms with van der Waals surface area (Å²) in [4.78, 5) is 36.6. The zero-order chi connectivity index (χ0) is 15.6. The Morgan fingerprint density at radius 2 is 2.14 bits per heavy atom. The maximum absolute atomic E-state index is 13.2. The number of rotatable bonds is 3. The molecule has 8 heteroatoms. The summed E-state index contributed by atoms with van der Waals surface area (Å²) in [6.07, 6.45) is 0. The van der Waals surface area contributed by atoms with Crippen molar-refractivity contribution in [1.82, 2.24) is 9.55 Å². The molecule has 1 aromatic heterocycles. The molecular weight excluding hydrogens is 283 g/mol. The molecule has 1 aromatic carbocycles. The van der Waals surface area contributed by atoms with E-state index < -0.39 is 35.5 Å². The van der Waals surface area contributed by atoms with Crippen molar-refractivity contribution in [1.29, 1.82) is 0 Å². The van der Waals surface area contributed by atoms with E-state index in [-0.39, 0.29) is 11.1 Å². The van der Waals surface area contributed by atoms with Crippen molar-refractivity contribution in [2.75, 3.05) is 7.11 Å². The molecule has 0 spiro atoms. The van der Waals surface area contributed by atoms with E-state index in [1.807, 2.05) is 4.98 Å². The minimum atomic E-state index is -0.969. The van der Waals surface area contributed by atoms with Crippen molar-refractivity contribution < 1.29 is 19.0 Å². The summed E-state index contributed by atoms with van der Waals surface area (Å²) < 4.78 is 18.3. The minimum absolute atomic E-state index is 0.0763. The fraction of sp³-hybridized carbons (Fsp3) is 0.154. The number of hydrogen-bond donors (Lipinski definition) is 2. The molecule has 2 aromatic rings. The van der Waals surface area contributed by atoms with Crippen molar-refractivity contribution in [2.24, 2.45) is 0 Å². The highest BCUT2D eigenvalue weighted by molar-refractivity contribution is 5.71. The molecule has 2 rings (SSSR count). The standard InChI is InChI=1S/C13H11FN2O5/c1-21-9(17)6-16-12(19)10(11(18)15-13(16)20)7-3-2-4-8(14)5-7/h2-5,19H,6H2,1H3,(H,15,18,20). The van der Waals surface area contributed by atoms with Crippen LogP contribution in [-0.4, -0.2) is 27.7 Å². The molecule has 0 aliphatic carbocycles. The molecule has 0 saturated carbocycles. The molecule has 0 radical (unpaired) electrons. The minimum Gasteiger partial charge on any atom is -0.494 e. The molecule has 0 amide bonds. The van der Waals surface area contributed by atoms with Crippen LogP contribution in [0.1, 0.15) is 0 Å². The van der Waals surface area contributed by atoms with Crippen LogP contribution in [0, 0.1) is 5.82 Å². The average molecular weight is 294 g/mol. The van der Waals surface area contributed by atoms with E-state index in [9.17, 15) is 23.9 Å². The monoisotopic (exact) mass is 294 g/mol. The predicted octanol–water partition coefficient (Wildman–Crippen LogP) is 0.221. The van der Waals surface area contributed by atoms with Gasteiger partial charge in [0.2, 0.25) is 5.88 Å². The Labute approximate surface area is 117 Å². The third-order valence-corrected chi connectivity index (χ3v) is 2.80. The highest BCUT2D eigenvalue weighted by Gasteiger charge is 2.18. The van der Waals surface area contributed by atoms with E-state index in [0.717, 1.165) is 13.2 Å². The van der Waals surface area contributed by atoms with Gasteiger partial charge in [-0.1, -0.05) is 12.1 Å². The second kappa shape index (κ2) is 5.61. The first-order valence-electron chi connectivity index (χ1n) is 5.83. The SMILES string of the molecule is COC(=O)Cn1c(O)c(-c2cccc(F)c2)c(=O)[nH]c1=O. The maximum Gasteiger partial charge on any atom is 0.331 e. The normalized spacial score (nSPS) is 10.4. The Morgan fingerprint density at radius 3 is 2.76 bits per heavy atom. The van der Waals surface area contributed by atoms with Crippen LogP contribution in [0.5, 0.6) is 5.88 Å². The molecule has 1 heterocycles. The van der Waals surface area contributed by atoms with Crippen LogP contribution >= 0.6 is 0 Å². The van der Waals surface area contributed by atoms with Crippen LogP contribution in [0.15, 0.2) is 33.9 Å². The highest BCUT2D eigenvalue weighted by atomic mass is 19.1. The number of nitrogens with zero attached hydrogens (tertiary/aromatic N) is 1. The van der Waals surface area contributed by atoms with Crippen molar-refractivity contribution >= 4 is 5.97 Å². The number of H-pyrrole nitrogens is 1. The molecule has 0 aliphatic heterocycles. The number of ether oxygens (including phenoxy) is 1. The van der Waals surface area contributed by atoms with Crippen molar-refractivity contribution in [2.45, 2.75) is 6.54 Å². The van der Waals surface area contributed by atoms with Crippen LogP contribution in [-0.2, 0) is 16.1 Å². The van der Waals surface area contributed by atoms with Gasteiger partial charge in [0.15, 0.2) is 0 Å². The number of halogens is 1. The van der Waals surface area contributed by atoms with Gasteiger partial charge < -0.3 is 9.84 Å². The summed E-state index contributed by atoms with van der Waals surface area (Å²) in [5, 5.41) is 10.1. The molecule has 110 valence electrons. The van der Waals surface area contributed by atoms with Gasteiger partial charge in [-0.2, -0.15) is 0 Å². The Morgan fingerprint density at radius 1 is 1.43 bits per heavy atom. The number of aromatic nitrogens is 2. The Balaban J connectivity index is 2.67. The fourth-order valence-electron chi connectivity index (χ4n) is 1.80. The number of esters is 1. The first-order valence-corrected chi connectivity index (χ1v) is 5.83. The van der Waals surface area contributed by atoms with Crippen LogP contribution in [0.4, 0.5) is 4.39 Å². The van der Waals surface area contributed by atoms with Gasteiger partial charge in [-0.05, 0) is 17.7 Å². The van der Waals surface area contributed by atoms with E-state index in [1.54, 1.807) is 0 Å². The van der Waals surface area contributed by atoms with Crippen LogP contribution in [0.25, 0.3) is 11.1 Å². The van der Waals surface area contributed by atoms with Gasteiger partial charge in [0.1, 0.15) is 17.9 Å². The Hall–Kier alpha value is -2.90. The molecule has 0 saturated heterocycles. The van der Waals surface area contributed by atoms with Gasteiger partial charge in [-0.25, -0.2) is 9.18 Å². The van der Waals surface area contributed by atoms with E-state index >= 15 is 0 Å². The molecule has 0 atom stereocenters. The quantitative estimate of drug-likeness (QED) is 0.789. The van der Waals surface area contributed by atoms with Crippen molar-refractivity contribution in [3.05, 3.63) is 50.9 Å². The first-order chi connectivity index (χ1) is 9.93. The zero-order valence-electron chi connectivity index (χ0n) is 10.9. The molecule has 0 aliphatic rings. The number of nitrogens with one attached hydrogen (secondary N) is 1. The van der Waals surface area contributed by atoms with Crippen molar-refractivity contribution in [3.63, 3.8) is 0 Å². The summed E-state index contributed by atoms with van der Waals surface area (Å²) in [6, 6.07) is 4.93. The Bertz CT molecular complexity index is 809. The molecule has 0 unspecified atom stereocenters. The molecule has 7 nitrogen and oxygen atoms in total. The van der Waals surface area contributed by atoms with Gasteiger partial charge in [0, 0.05) is 0 Å². The lowest BCUT2D eigenvalue weighted by Crippen LogP contribution is -2.33. The maximum atomic E-state index is 13.2. The van der Waals surface area contributed by atoms with E-state index in [0.29, 0.717) is 4.57 Å². The number of benzene rings is 1. The van der Waals surface area contributed by atoms with Crippen molar-refractivity contribution in [3.8, 4) is 17.0 Å². The van der Waals surface area contributed by atoms with Crippen LogP contribution < -0.4 is 11.2 Å². The van der Waals surface area contributed by atoms with E-state index in [1.165, 1.54) is 18.2 Å². The average Bonchev–Trinajstić information content (AvgIpc) is 2.43. The first kappa shape index (κ1) is 14.5. The summed E-state index contributed by atoms with van der Waals surface area (Å²) in [5.74, 6) is -2.14. The lowest BCUT2D eigenvalue weighted by Gasteiger charge is -2.10. The van der Waals surface area contributed by atoms with E-state index in [2.05, 4.69) is 4.74 Å². The number of methoxy groups -OCH3 is 1. The lowest BCUT2D eigenvalue weighted by atomic mass is 10.1. The predicted molar refractivity (Wildman–Crippen MR) is 70.4 cm³/mol. The number of hydrogen-bond acceptors (Lipinski definition) is 5. The van der Waals surface area contributed by atoms with E-state index in [4.69, 9.17) is 0 Å². The van der Waals surface area contributed by atoms with Gasteiger partial charge in [0.25, 0.3) is 5.56 Å². The van der Waals surface area contributed by atoms with Crippen LogP contribution in [0.2, 0.25) is 0 Å². The summed E-state index contributed by atoms with van der Waals surface area (Å²) in [5.41, 5.74) is -2.09. The number of aromatic amines is 1. The topological polar surface area (TPSA) is 101 Å². The third-order valence-electron chi connectivity index (χ3n) is 2.80. The molecule has 0 bridgehead atoms. The largest absolute Gasteiger partial charge is 0.494 e. The number of aromatic hydroxyl groups is 1. The smallest absolute Gasteiger partial charge is 0.331 e. The molecule has 2 N–H and O–H groups in total. The summed E-state index contributed by atoms with van der Waals surface area (Å²) in [6.45, 7) is -0.583. The molecule has 0 fully saturated rings. The zero-order valence-corrected chi connectivity index (χ0v) is 10.9. The summed E-state index contributed by atoms with van der Waals surface area (Å²) >= 11 is 0. The Kier molecular flexibility index (Phi) is 3.88. The molecular formula is C13H11FN2O5.